The zero-order valence-electron chi connectivity index (χ0n) is 25.1. The summed E-state index contributed by atoms with van der Waals surface area (Å²) >= 11 is 0. The van der Waals surface area contributed by atoms with Crippen LogP contribution in [-0.4, -0.2) is 67.6 Å². The van der Waals surface area contributed by atoms with E-state index in [4.69, 9.17) is 13.6 Å². The van der Waals surface area contributed by atoms with Crippen LogP contribution in [0, 0.1) is 0 Å². The van der Waals surface area contributed by atoms with Crippen LogP contribution in [0.5, 0.6) is 0 Å². The second kappa shape index (κ2) is 9.86. The Morgan fingerprint density at radius 2 is 2.08 bits per heavy atom. The Morgan fingerprint density at radius 3 is 2.77 bits per heavy atom. The van der Waals surface area contributed by atoms with E-state index in [2.05, 4.69) is 10.2 Å². The molecule has 40 heavy (non-hydrogen) atoms. The van der Waals surface area contributed by atoms with Gasteiger partial charge in [0.05, 0.1) is 42.7 Å². The van der Waals surface area contributed by atoms with E-state index < -0.39 is 29.8 Å². The number of aromatic nitrogens is 5. The molecule has 4 aromatic rings. The summed E-state index contributed by atoms with van der Waals surface area (Å²) in [6, 6.07) is 7.67. The van der Waals surface area contributed by atoms with Crippen LogP contribution in [0.25, 0.3) is 11.2 Å². The summed E-state index contributed by atoms with van der Waals surface area (Å²) in [5.41, 5.74) is -0.928. The molecule has 0 spiro atoms. The van der Waals surface area contributed by atoms with Gasteiger partial charge in [-0.05, 0) is 43.2 Å². The van der Waals surface area contributed by atoms with Crippen molar-refractivity contribution in [2.75, 3.05) is 32.9 Å². The number of ether oxygens (including phenoxy) is 2. The number of alkyl halides is 3. The van der Waals surface area contributed by atoms with Gasteiger partial charge in [0.1, 0.15) is 12.2 Å². The molecule has 2 aliphatic rings. The molecule has 0 aliphatic carbocycles. The van der Waals surface area contributed by atoms with Gasteiger partial charge in [0.2, 0.25) is 0 Å². The first kappa shape index (κ1) is 23.2. The van der Waals surface area contributed by atoms with E-state index in [1.807, 2.05) is 24.8 Å². The van der Waals surface area contributed by atoms with E-state index in [9.17, 15) is 18.0 Å². The second-order valence-electron chi connectivity index (χ2n) is 10.7. The van der Waals surface area contributed by atoms with Crippen molar-refractivity contribution in [3.63, 3.8) is 0 Å². The number of pyridine rings is 1. The molecule has 212 valence electrons. The number of fused-ring (bicyclic) bond motifs is 1. The standard InChI is InChI=1S/C28H31F3N6O3/c1-18-12-35(7-8-40-18)19(2)20-9-23(28(29,30)31)24-14-36(26(38)37(24)13-20)22-6-4-5-21(10-22)27(15-39-16-27)11-25-33-32-17-34(25)3/h4-6,9-10,13-14,17-19H,7-8,11-12,15-16H2,1-3H3/t18-,19?/m1/s1/i3D3. The van der Waals surface area contributed by atoms with Crippen molar-refractivity contribution < 1.29 is 26.8 Å². The van der Waals surface area contributed by atoms with Gasteiger partial charge in [0.15, 0.2) is 0 Å². The van der Waals surface area contributed by atoms with E-state index in [0.29, 0.717) is 30.9 Å². The van der Waals surface area contributed by atoms with Gasteiger partial charge in [0, 0.05) is 54.4 Å². The molecule has 5 heterocycles. The summed E-state index contributed by atoms with van der Waals surface area (Å²) in [5.74, 6) is 0.256. The lowest BCUT2D eigenvalue weighted by Gasteiger charge is -2.41. The molecular formula is C28H31F3N6O3. The van der Waals surface area contributed by atoms with Gasteiger partial charge in [-0.15, -0.1) is 10.2 Å². The number of halogens is 3. The van der Waals surface area contributed by atoms with E-state index in [0.717, 1.165) is 26.9 Å². The SMILES string of the molecule is [2H]C([2H])([2H])n1cnnc1CC1(c2cccc(-n3cc4c(C(F)(F)F)cc(C(C)N5CCO[C@H](C)C5)cn4c3=O)c2)COC1. The normalized spacial score (nSPS) is 21.9. The van der Waals surface area contributed by atoms with Crippen LogP contribution in [0.2, 0.25) is 0 Å². The van der Waals surface area contributed by atoms with Crippen LogP contribution < -0.4 is 5.69 Å². The molecule has 0 amide bonds. The highest BCUT2D eigenvalue weighted by Crippen LogP contribution is 2.38. The molecule has 12 heteroatoms. The van der Waals surface area contributed by atoms with Gasteiger partial charge in [-0.1, -0.05) is 12.1 Å². The predicted octanol–water partition coefficient (Wildman–Crippen LogP) is 3.53. The van der Waals surface area contributed by atoms with Crippen molar-refractivity contribution >= 4 is 5.52 Å². The van der Waals surface area contributed by atoms with Crippen molar-refractivity contribution in [1.82, 2.24) is 28.6 Å². The molecule has 2 saturated heterocycles. The van der Waals surface area contributed by atoms with Gasteiger partial charge >= 0.3 is 11.9 Å². The molecule has 2 aliphatic heterocycles. The van der Waals surface area contributed by atoms with Gasteiger partial charge in [-0.2, -0.15) is 13.2 Å². The van der Waals surface area contributed by atoms with Gasteiger partial charge in [-0.3, -0.25) is 13.9 Å². The average Bonchev–Trinajstić information content (AvgIpc) is 3.54. The number of rotatable bonds is 6. The van der Waals surface area contributed by atoms with E-state index in [1.165, 1.54) is 17.0 Å². The molecule has 3 aromatic heterocycles. The van der Waals surface area contributed by atoms with Crippen molar-refractivity contribution in [2.45, 2.75) is 44.0 Å². The Kier molecular flexibility index (Phi) is 5.73. The number of aryl methyl sites for hydroxylation is 1. The Balaban J connectivity index is 1.40. The minimum atomic E-state index is -4.69. The number of benzene rings is 1. The maximum absolute atomic E-state index is 14.4. The van der Waals surface area contributed by atoms with Crippen molar-refractivity contribution in [1.29, 1.82) is 0 Å². The maximum Gasteiger partial charge on any atom is 0.418 e. The number of nitrogens with zero attached hydrogens (tertiary/aromatic N) is 6. The lowest BCUT2D eigenvalue weighted by Crippen LogP contribution is -2.49. The fourth-order valence-corrected chi connectivity index (χ4v) is 5.65. The van der Waals surface area contributed by atoms with Crippen LogP contribution >= 0.6 is 0 Å². The summed E-state index contributed by atoms with van der Waals surface area (Å²) in [6.45, 7) is 3.46. The van der Waals surface area contributed by atoms with E-state index in [-0.39, 0.29) is 43.1 Å². The Morgan fingerprint density at radius 1 is 1.25 bits per heavy atom. The summed E-state index contributed by atoms with van der Waals surface area (Å²) in [4.78, 5) is 15.7. The summed E-state index contributed by atoms with van der Waals surface area (Å²) in [7, 11) is 0. The van der Waals surface area contributed by atoms with Crippen LogP contribution in [0.3, 0.4) is 0 Å². The van der Waals surface area contributed by atoms with Gasteiger partial charge in [-0.25, -0.2) is 4.79 Å². The van der Waals surface area contributed by atoms with Crippen LogP contribution in [0.1, 0.15) is 46.5 Å². The first-order valence-electron chi connectivity index (χ1n) is 14.6. The summed E-state index contributed by atoms with van der Waals surface area (Å²) in [5, 5.41) is 7.78. The minimum Gasteiger partial charge on any atom is -0.379 e. The third-order valence-corrected chi connectivity index (χ3v) is 8.00. The zero-order chi connectivity index (χ0) is 30.7. The monoisotopic (exact) mass is 559 g/mol. The van der Waals surface area contributed by atoms with Gasteiger partial charge < -0.3 is 14.0 Å². The minimum absolute atomic E-state index is 0.0488. The lowest BCUT2D eigenvalue weighted by molar-refractivity contribution is -0.136. The highest BCUT2D eigenvalue weighted by molar-refractivity contribution is 5.58. The summed E-state index contributed by atoms with van der Waals surface area (Å²) < 4.78 is 80.8. The molecule has 1 aromatic carbocycles. The fraction of sp³-hybridized carbons (Fsp3) is 0.464. The molecule has 2 atom stereocenters. The van der Waals surface area contributed by atoms with Crippen LogP contribution in [-0.2, 0) is 34.5 Å². The largest absolute Gasteiger partial charge is 0.418 e. The first-order valence-corrected chi connectivity index (χ1v) is 13.1. The van der Waals surface area contributed by atoms with E-state index in [1.54, 1.807) is 18.2 Å². The molecule has 0 N–H and O–H groups in total. The maximum atomic E-state index is 14.4. The molecular weight excluding hydrogens is 525 g/mol. The fourth-order valence-electron chi connectivity index (χ4n) is 5.65. The number of imidazole rings is 1. The smallest absolute Gasteiger partial charge is 0.379 e. The molecule has 0 radical (unpaired) electrons. The summed E-state index contributed by atoms with van der Waals surface area (Å²) in [6.07, 6.45) is -0.670. The molecule has 6 rings (SSSR count). The van der Waals surface area contributed by atoms with Crippen molar-refractivity contribution in [3.05, 3.63) is 82.1 Å². The lowest BCUT2D eigenvalue weighted by atomic mass is 9.75. The third-order valence-electron chi connectivity index (χ3n) is 8.00. The van der Waals surface area contributed by atoms with Gasteiger partial charge in [0.25, 0.3) is 0 Å². The molecule has 9 nitrogen and oxygen atoms in total. The van der Waals surface area contributed by atoms with Crippen molar-refractivity contribution in [2.24, 2.45) is 6.98 Å². The second-order valence-corrected chi connectivity index (χ2v) is 10.7. The topological polar surface area (TPSA) is 78.8 Å². The van der Waals surface area contributed by atoms with E-state index >= 15 is 0 Å². The Hall–Kier alpha value is -3.48. The molecule has 0 saturated carbocycles. The predicted molar refractivity (Wildman–Crippen MR) is 141 cm³/mol. The third kappa shape index (κ3) is 4.63. The zero-order valence-corrected chi connectivity index (χ0v) is 22.1. The Bertz CT molecular complexity index is 1710. The molecule has 1 unspecified atom stereocenters. The highest BCUT2D eigenvalue weighted by Gasteiger charge is 2.42. The first-order chi connectivity index (χ1) is 20.3. The molecule has 0 bridgehead atoms. The number of hydrogen-bond acceptors (Lipinski definition) is 6. The quantitative estimate of drug-likeness (QED) is 0.360. The van der Waals surface area contributed by atoms with Crippen molar-refractivity contribution in [3.8, 4) is 5.69 Å². The van der Waals surface area contributed by atoms with Crippen LogP contribution in [0.15, 0.2) is 53.8 Å². The highest BCUT2D eigenvalue weighted by atomic mass is 19.4. The number of hydrogen-bond donors (Lipinski definition) is 0. The average molecular weight is 560 g/mol. The number of morpholine rings is 1. The molecule has 2 fully saturated rings. The Labute approximate surface area is 233 Å². The van der Waals surface area contributed by atoms with Crippen LogP contribution in [0.4, 0.5) is 13.2 Å².